The first-order chi connectivity index (χ1) is 13.6. The van der Waals surface area contributed by atoms with E-state index in [4.69, 9.17) is 4.74 Å². The number of aromatic nitrogens is 1. The van der Waals surface area contributed by atoms with E-state index in [2.05, 4.69) is 10.3 Å². The Labute approximate surface area is 163 Å². The van der Waals surface area contributed by atoms with Crippen molar-refractivity contribution >= 4 is 6.03 Å². The van der Waals surface area contributed by atoms with Crippen LogP contribution in [0.1, 0.15) is 30.5 Å². The third-order valence-electron chi connectivity index (χ3n) is 4.77. The molecule has 0 radical (unpaired) electrons. The lowest BCUT2D eigenvalue weighted by atomic mass is 9.95. The van der Waals surface area contributed by atoms with E-state index in [1.54, 1.807) is 11.1 Å². The molecule has 1 unspecified atom stereocenters. The number of urea groups is 1. The number of nitrogens with zero attached hydrogens (tertiary/aromatic N) is 2. The number of halogens is 2. The van der Waals surface area contributed by atoms with Crippen molar-refractivity contribution in [3.05, 3.63) is 59.9 Å². The molecular weight excluding hydrogens is 364 g/mol. The van der Waals surface area contributed by atoms with Gasteiger partial charge >= 0.3 is 6.03 Å². The molecule has 2 aromatic rings. The maximum absolute atomic E-state index is 12.6. The molecule has 2 amide bonds. The number of hydrogen-bond acceptors (Lipinski definition) is 3. The fourth-order valence-electron chi connectivity index (χ4n) is 3.37. The molecule has 1 aromatic carbocycles. The minimum Gasteiger partial charge on any atom is -0.487 e. The number of benzene rings is 1. The minimum atomic E-state index is -2.32. The smallest absolute Gasteiger partial charge is 0.317 e. The summed E-state index contributed by atoms with van der Waals surface area (Å²) in [5, 5.41) is 2.88. The minimum absolute atomic E-state index is 0.122. The van der Waals surface area contributed by atoms with Gasteiger partial charge in [0.25, 0.3) is 0 Å². The highest BCUT2D eigenvalue weighted by molar-refractivity contribution is 5.74. The number of nitrogens with one attached hydrogen (secondary N) is 1. The van der Waals surface area contributed by atoms with Crippen LogP contribution in [0.25, 0.3) is 0 Å². The van der Waals surface area contributed by atoms with E-state index in [0.717, 1.165) is 24.1 Å². The maximum atomic E-state index is 12.6. The van der Waals surface area contributed by atoms with Gasteiger partial charge in [0.2, 0.25) is 6.43 Å². The van der Waals surface area contributed by atoms with Crippen LogP contribution in [0.15, 0.2) is 48.7 Å². The molecule has 5 nitrogen and oxygen atoms in total. The Morgan fingerprint density at radius 2 is 2.18 bits per heavy atom. The average Bonchev–Trinajstić information content (AvgIpc) is 2.71. The van der Waals surface area contributed by atoms with Gasteiger partial charge in [-0.25, -0.2) is 13.6 Å². The van der Waals surface area contributed by atoms with Gasteiger partial charge in [0.05, 0.1) is 5.69 Å². The van der Waals surface area contributed by atoms with Crippen molar-refractivity contribution in [3.8, 4) is 5.75 Å². The molecule has 1 aliphatic rings. The van der Waals surface area contributed by atoms with Crippen molar-refractivity contribution in [2.75, 3.05) is 13.1 Å². The summed E-state index contributed by atoms with van der Waals surface area (Å²) in [6.07, 6.45) is 0.781. The lowest BCUT2D eigenvalue weighted by Gasteiger charge is -2.32. The van der Waals surface area contributed by atoms with Crippen LogP contribution in [0.3, 0.4) is 0 Å². The molecule has 0 spiro atoms. The summed E-state index contributed by atoms with van der Waals surface area (Å²) in [6, 6.07) is 12.9. The molecule has 28 heavy (non-hydrogen) atoms. The molecule has 0 aliphatic carbocycles. The van der Waals surface area contributed by atoms with E-state index < -0.39 is 6.43 Å². The van der Waals surface area contributed by atoms with Gasteiger partial charge in [-0.3, -0.25) is 4.98 Å². The van der Waals surface area contributed by atoms with E-state index in [-0.39, 0.29) is 18.4 Å². The second-order valence-corrected chi connectivity index (χ2v) is 7.00. The number of alkyl halides is 2. The first-order valence-electron chi connectivity index (χ1n) is 9.52. The molecule has 3 rings (SSSR count). The molecular formula is C21H25F2N3O2. The number of carbonyl (C=O) groups is 1. The van der Waals surface area contributed by atoms with Gasteiger partial charge in [0.1, 0.15) is 12.4 Å². The zero-order valence-corrected chi connectivity index (χ0v) is 15.7. The lowest BCUT2D eigenvalue weighted by Crippen LogP contribution is -2.45. The van der Waals surface area contributed by atoms with Crippen molar-refractivity contribution in [3.63, 3.8) is 0 Å². The molecule has 1 saturated heterocycles. The molecule has 7 heteroatoms. The topological polar surface area (TPSA) is 54.5 Å². The SMILES string of the molecule is O=C(NCc1cccc(OCc2ccccn2)c1)N1CCCC(CC(F)F)C1. The van der Waals surface area contributed by atoms with E-state index in [1.165, 1.54) is 0 Å². The van der Waals surface area contributed by atoms with Gasteiger partial charge in [-0.05, 0) is 48.6 Å². The largest absolute Gasteiger partial charge is 0.487 e. The first-order valence-corrected chi connectivity index (χ1v) is 9.52. The maximum Gasteiger partial charge on any atom is 0.317 e. The number of piperidine rings is 1. The number of hydrogen-bond donors (Lipinski definition) is 1. The summed E-state index contributed by atoms with van der Waals surface area (Å²) in [7, 11) is 0. The summed E-state index contributed by atoms with van der Waals surface area (Å²) in [5.41, 5.74) is 1.75. The Hall–Kier alpha value is -2.70. The van der Waals surface area contributed by atoms with Crippen LogP contribution in [0.4, 0.5) is 13.6 Å². The Morgan fingerprint density at radius 3 is 2.96 bits per heavy atom. The third kappa shape index (κ3) is 6.18. The van der Waals surface area contributed by atoms with E-state index >= 15 is 0 Å². The zero-order chi connectivity index (χ0) is 19.8. The Morgan fingerprint density at radius 1 is 1.29 bits per heavy atom. The zero-order valence-electron chi connectivity index (χ0n) is 15.7. The van der Waals surface area contributed by atoms with Crippen LogP contribution in [-0.4, -0.2) is 35.4 Å². The molecule has 1 fully saturated rings. The molecule has 0 bridgehead atoms. The average molecular weight is 389 g/mol. The van der Waals surface area contributed by atoms with Gasteiger partial charge in [0, 0.05) is 32.3 Å². The van der Waals surface area contributed by atoms with Gasteiger partial charge < -0.3 is 15.0 Å². The molecule has 1 N–H and O–H groups in total. The fraction of sp³-hybridized carbons (Fsp3) is 0.429. The number of rotatable bonds is 7. The summed E-state index contributed by atoms with van der Waals surface area (Å²) in [4.78, 5) is 18.2. The van der Waals surface area contributed by atoms with Crippen LogP contribution >= 0.6 is 0 Å². The lowest BCUT2D eigenvalue weighted by molar-refractivity contribution is 0.0874. The highest BCUT2D eigenvalue weighted by Gasteiger charge is 2.25. The van der Waals surface area contributed by atoms with Crippen molar-refractivity contribution in [2.24, 2.45) is 5.92 Å². The van der Waals surface area contributed by atoms with E-state index in [0.29, 0.717) is 32.0 Å². The predicted octanol–water partition coefficient (Wildman–Crippen LogP) is 4.24. The van der Waals surface area contributed by atoms with Crippen molar-refractivity contribution in [1.29, 1.82) is 0 Å². The number of amides is 2. The fourth-order valence-corrected chi connectivity index (χ4v) is 3.37. The number of likely N-dealkylation sites (tertiary alicyclic amines) is 1. The predicted molar refractivity (Wildman–Crippen MR) is 102 cm³/mol. The summed E-state index contributed by atoms with van der Waals surface area (Å²) < 4.78 is 30.9. The number of ether oxygens (including phenoxy) is 1. The third-order valence-corrected chi connectivity index (χ3v) is 4.77. The second kappa shape index (κ2) is 10.0. The summed E-state index contributed by atoms with van der Waals surface area (Å²) in [6.45, 7) is 1.73. The number of pyridine rings is 1. The van der Waals surface area contributed by atoms with Gasteiger partial charge in [-0.2, -0.15) is 0 Å². The van der Waals surface area contributed by atoms with Gasteiger partial charge in [-0.15, -0.1) is 0 Å². The Balaban J connectivity index is 1.48. The van der Waals surface area contributed by atoms with Crippen LogP contribution in [0, 0.1) is 5.92 Å². The Bertz CT molecular complexity index is 758. The molecule has 1 aliphatic heterocycles. The first kappa shape index (κ1) is 20.0. The standard InChI is InChI=1S/C21H25F2N3O2/c22-20(23)12-17-6-4-10-26(14-17)21(27)25-13-16-5-3-8-19(11-16)28-15-18-7-1-2-9-24-18/h1-3,5,7-9,11,17,20H,4,6,10,12-15H2,(H,25,27). The van der Waals surface area contributed by atoms with Crippen molar-refractivity contribution in [2.45, 2.75) is 38.8 Å². The van der Waals surface area contributed by atoms with Crippen LogP contribution in [0.5, 0.6) is 5.75 Å². The van der Waals surface area contributed by atoms with Crippen molar-refractivity contribution < 1.29 is 18.3 Å². The monoisotopic (exact) mass is 389 g/mol. The van der Waals surface area contributed by atoms with Crippen LogP contribution < -0.4 is 10.1 Å². The van der Waals surface area contributed by atoms with E-state index in [9.17, 15) is 13.6 Å². The highest BCUT2D eigenvalue weighted by Crippen LogP contribution is 2.22. The van der Waals surface area contributed by atoms with Crippen LogP contribution in [-0.2, 0) is 13.2 Å². The molecule has 1 atom stereocenters. The summed E-state index contributed by atoms with van der Waals surface area (Å²) in [5.74, 6) is 0.579. The highest BCUT2D eigenvalue weighted by atomic mass is 19.3. The van der Waals surface area contributed by atoms with E-state index in [1.807, 2.05) is 42.5 Å². The Kier molecular flexibility index (Phi) is 7.17. The molecule has 0 saturated carbocycles. The van der Waals surface area contributed by atoms with Gasteiger partial charge in [0.15, 0.2) is 0 Å². The molecule has 1 aromatic heterocycles. The molecule has 150 valence electrons. The summed E-state index contributed by atoms with van der Waals surface area (Å²) >= 11 is 0. The molecule has 2 heterocycles. The normalized spacial score (nSPS) is 16.8. The second-order valence-electron chi connectivity index (χ2n) is 7.00. The van der Waals surface area contributed by atoms with Gasteiger partial charge in [-0.1, -0.05) is 18.2 Å². The quantitative estimate of drug-likeness (QED) is 0.771. The van der Waals surface area contributed by atoms with Crippen molar-refractivity contribution in [1.82, 2.24) is 15.2 Å². The number of carbonyl (C=O) groups excluding carboxylic acids is 1. The van der Waals surface area contributed by atoms with Crippen LogP contribution in [0.2, 0.25) is 0 Å².